The third-order valence-corrected chi connectivity index (χ3v) is 5.56. The molecule has 0 aliphatic heterocycles. The van der Waals surface area contributed by atoms with Gasteiger partial charge in [-0.25, -0.2) is 4.79 Å². The Morgan fingerprint density at radius 3 is 2.22 bits per heavy atom. The molecule has 3 rings (SSSR count). The number of benzene rings is 3. The zero-order valence-corrected chi connectivity index (χ0v) is 18.7. The van der Waals surface area contributed by atoms with Crippen molar-refractivity contribution in [2.24, 2.45) is 5.73 Å². The lowest BCUT2D eigenvalue weighted by molar-refractivity contribution is -0.142. The molecule has 0 bridgehead atoms. The van der Waals surface area contributed by atoms with Crippen LogP contribution in [0.25, 0.3) is 11.1 Å². The molecule has 1 atom stereocenters. The van der Waals surface area contributed by atoms with Gasteiger partial charge in [0.05, 0.1) is 0 Å². The average molecular weight is 431 g/mol. The van der Waals surface area contributed by atoms with E-state index >= 15 is 0 Å². The summed E-state index contributed by atoms with van der Waals surface area (Å²) in [7, 11) is 4.06. The maximum Gasteiger partial charge on any atom is 0.334 e. The molecule has 0 fully saturated rings. The summed E-state index contributed by atoms with van der Waals surface area (Å²) in [6.45, 7) is 2.69. The van der Waals surface area contributed by atoms with Gasteiger partial charge < -0.3 is 21.1 Å². The van der Waals surface area contributed by atoms with Crippen LogP contribution in [0, 0.1) is 5.41 Å². The van der Waals surface area contributed by atoms with Gasteiger partial charge in [0, 0.05) is 17.8 Å². The number of rotatable bonds is 9. The lowest BCUT2D eigenvalue weighted by Crippen LogP contribution is -2.43. The molecule has 0 saturated carbocycles. The fourth-order valence-corrected chi connectivity index (χ4v) is 3.85. The van der Waals surface area contributed by atoms with E-state index in [1.165, 1.54) is 5.56 Å². The number of nitrogens with two attached hydrogens (primary N) is 1. The van der Waals surface area contributed by atoms with E-state index in [1.54, 1.807) is 24.3 Å². The quantitative estimate of drug-likeness (QED) is 0.296. The Labute approximate surface area is 189 Å². The second-order valence-electron chi connectivity index (χ2n) is 8.20. The first-order valence-electron chi connectivity index (χ1n) is 10.6. The molecule has 6 heteroatoms. The van der Waals surface area contributed by atoms with Crippen molar-refractivity contribution in [3.8, 4) is 11.1 Å². The van der Waals surface area contributed by atoms with E-state index in [2.05, 4.69) is 22.3 Å². The molecule has 0 aliphatic carbocycles. The van der Waals surface area contributed by atoms with Crippen LogP contribution in [-0.4, -0.2) is 35.9 Å². The SMILES string of the molecule is CCC(Nc1ccc(C(=N)N)cc1)(C(=O)O)c1cccc(-c2cccc(CN(C)C)c2)c1. The highest BCUT2D eigenvalue weighted by molar-refractivity contribution is 5.95. The van der Waals surface area contributed by atoms with Gasteiger partial charge in [0.1, 0.15) is 5.84 Å². The van der Waals surface area contributed by atoms with Crippen molar-refractivity contribution in [3.63, 3.8) is 0 Å². The molecule has 1 unspecified atom stereocenters. The van der Waals surface area contributed by atoms with E-state index in [1.807, 2.05) is 57.4 Å². The van der Waals surface area contributed by atoms with Crippen LogP contribution in [-0.2, 0) is 16.9 Å². The first kappa shape index (κ1) is 23.0. The number of aliphatic carboxylic acids is 1. The normalized spacial score (nSPS) is 12.9. The number of amidine groups is 1. The van der Waals surface area contributed by atoms with Gasteiger partial charge in [0.25, 0.3) is 0 Å². The van der Waals surface area contributed by atoms with Gasteiger partial charge in [-0.1, -0.05) is 43.3 Å². The fraction of sp³-hybridized carbons (Fsp3) is 0.231. The Bertz CT molecular complexity index is 1110. The Morgan fingerprint density at radius 1 is 1.03 bits per heavy atom. The predicted molar refractivity (Wildman–Crippen MR) is 130 cm³/mol. The van der Waals surface area contributed by atoms with Crippen LogP contribution in [0.1, 0.15) is 30.0 Å². The molecule has 0 spiro atoms. The fourth-order valence-electron chi connectivity index (χ4n) is 3.85. The van der Waals surface area contributed by atoms with Crippen molar-refractivity contribution in [1.82, 2.24) is 4.90 Å². The molecule has 0 heterocycles. The van der Waals surface area contributed by atoms with Gasteiger partial charge in [0.2, 0.25) is 0 Å². The zero-order chi connectivity index (χ0) is 23.3. The van der Waals surface area contributed by atoms with E-state index in [0.29, 0.717) is 23.2 Å². The Kier molecular flexibility index (Phi) is 6.95. The topological polar surface area (TPSA) is 102 Å². The minimum atomic E-state index is -1.30. The molecule has 0 aromatic heterocycles. The van der Waals surface area contributed by atoms with Crippen molar-refractivity contribution in [2.75, 3.05) is 19.4 Å². The molecule has 3 aromatic carbocycles. The highest BCUT2D eigenvalue weighted by atomic mass is 16.4. The molecule has 0 saturated heterocycles. The molecule has 166 valence electrons. The Hall–Kier alpha value is -3.64. The van der Waals surface area contributed by atoms with Gasteiger partial charge in [-0.2, -0.15) is 0 Å². The summed E-state index contributed by atoms with van der Waals surface area (Å²) < 4.78 is 0. The van der Waals surface area contributed by atoms with Crippen LogP contribution in [0.4, 0.5) is 5.69 Å². The molecule has 3 aromatic rings. The summed E-state index contributed by atoms with van der Waals surface area (Å²) in [6.07, 6.45) is 0.348. The number of nitrogens with one attached hydrogen (secondary N) is 2. The monoisotopic (exact) mass is 430 g/mol. The summed E-state index contributed by atoms with van der Waals surface area (Å²) in [5.74, 6) is -0.977. The maximum absolute atomic E-state index is 12.5. The first-order valence-corrected chi connectivity index (χ1v) is 10.6. The average Bonchev–Trinajstić information content (AvgIpc) is 2.77. The molecular weight excluding hydrogens is 400 g/mol. The van der Waals surface area contributed by atoms with E-state index in [0.717, 1.165) is 17.7 Å². The zero-order valence-electron chi connectivity index (χ0n) is 18.7. The van der Waals surface area contributed by atoms with Crippen molar-refractivity contribution in [2.45, 2.75) is 25.4 Å². The molecule has 6 nitrogen and oxygen atoms in total. The van der Waals surface area contributed by atoms with Gasteiger partial charge >= 0.3 is 5.97 Å². The van der Waals surface area contributed by atoms with Crippen LogP contribution < -0.4 is 11.1 Å². The summed E-state index contributed by atoms with van der Waals surface area (Å²) in [5.41, 5.74) is 9.37. The minimum Gasteiger partial charge on any atom is -0.479 e. The van der Waals surface area contributed by atoms with Crippen molar-refractivity contribution < 1.29 is 9.90 Å². The molecule has 0 radical (unpaired) electrons. The highest BCUT2D eigenvalue weighted by Crippen LogP contribution is 2.33. The number of hydrogen-bond acceptors (Lipinski definition) is 4. The van der Waals surface area contributed by atoms with Crippen molar-refractivity contribution in [3.05, 3.63) is 89.5 Å². The van der Waals surface area contributed by atoms with Gasteiger partial charge in [0.15, 0.2) is 5.54 Å². The second kappa shape index (κ2) is 9.66. The van der Waals surface area contributed by atoms with E-state index in [-0.39, 0.29) is 5.84 Å². The second-order valence-corrected chi connectivity index (χ2v) is 8.20. The third kappa shape index (κ3) is 4.98. The molecule has 5 N–H and O–H groups in total. The van der Waals surface area contributed by atoms with E-state index < -0.39 is 11.5 Å². The van der Waals surface area contributed by atoms with Crippen molar-refractivity contribution in [1.29, 1.82) is 5.41 Å². The van der Waals surface area contributed by atoms with Crippen LogP contribution >= 0.6 is 0 Å². The van der Waals surface area contributed by atoms with Crippen LogP contribution in [0.3, 0.4) is 0 Å². The van der Waals surface area contributed by atoms with Crippen LogP contribution in [0.15, 0.2) is 72.8 Å². The number of carbonyl (C=O) groups is 1. The van der Waals surface area contributed by atoms with Gasteiger partial charge in [-0.15, -0.1) is 0 Å². The minimum absolute atomic E-state index is 0.0271. The Morgan fingerprint density at radius 2 is 1.66 bits per heavy atom. The van der Waals surface area contributed by atoms with Gasteiger partial charge in [-0.3, -0.25) is 5.41 Å². The van der Waals surface area contributed by atoms with Crippen LogP contribution in [0.5, 0.6) is 0 Å². The largest absolute Gasteiger partial charge is 0.479 e. The van der Waals surface area contributed by atoms with Gasteiger partial charge in [-0.05, 0) is 79.2 Å². The Balaban J connectivity index is 2.00. The lowest BCUT2D eigenvalue weighted by Gasteiger charge is -2.31. The standard InChI is InChI=1S/C26H30N4O2/c1-4-26(25(31)32,29-23-13-11-19(12-14-23)24(27)28)22-10-6-9-21(16-22)20-8-5-7-18(15-20)17-30(2)3/h5-16,29H,4,17H2,1-3H3,(H3,27,28)(H,31,32). The molecule has 0 amide bonds. The maximum atomic E-state index is 12.5. The first-order chi connectivity index (χ1) is 15.2. The summed E-state index contributed by atoms with van der Waals surface area (Å²) >= 11 is 0. The molecule has 0 aliphatic rings. The number of nitrogen functional groups attached to an aromatic ring is 1. The molecular formula is C26H30N4O2. The summed E-state index contributed by atoms with van der Waals surface area (Å²) in [6, 6.07) is 22.9. The number of carboxylic acid groups (broad SMARTS) is 1. The van der Waals surface area contributed by atoms with Crippen LogP contribution in [0.2, 0.25) is 0 Å². The summed E-state index contributed by atoms with van der Waals surface area (Å²) in [4.78, 5) is 14.6. The third-order valence-electron chi connectivity index (χ3n) is 5.56. The lowest BCUT2D eigenvalue weighted by atomic mass is 9.85. The number of anilines is 1. The predicted octanol–water partition coefficient (Wildman–Crippen LogP) is 4.50. The number of carboxylic acids is 1. The number of hydrogen-bond donors (Lipinski definition) is 4. The van der Waals surface area contributed by atoms with Crippen molar-refractivity contribution >= 4 is 17.5 Å². The summed E-state index contributed by atoms with van der Waals surface area (Å²) in [5, 5.41) is 21.0. The molecule has 32 heavy (non-hydrogen) atoms. The van der Waals surface area contributed by atoms with E-state index in [9.17, 15) is 9.90 Å². The smallest absolute Gasteiger partial charge is 0.334 e. The highest BCUT2D eigenvalue weighted by Gasteiger charge is 2.39. The number of nitrogens with zero attached hydrogens (tertiary/aromatic N) is 1. The van der Waals surface area contributed by atoms with E-state index in [4.69, 9.17) is 11.1 Å².